The van der Waals surface area contributed by atoms with Gasteiger partial charge in [0.25, 0.3) is 11.7 Å². The van der Waals surface area contributed by atoms with Crippen molar-refractivity contribution in [2.24, 2.45) is 0 Å². The summed E-state index contributed by atoms with van der Waals surface area (Å²) >= 11 is 0. The number of amides is 1. The number of fused-ring (bicyclic) bond motifs is 1. The highest BCUT2D eigenvalue weighted by atomic mass is 19.1. The fraction of sp³-hybridized carbons (Fsp3) is 0.231. The average Bonchev–Trinajstić information content (AvgIpc) is 3.54. The largest absolute Gasteiger partial charge is 0.505 e. The molecule has 0 aliphatic carbocycles. The van der Waals surface area contributed by atoms with E-state index in [2.05, 4.69) is 9.97 Å². The van der Waals surface area contributed by atoms with Crippen molar-refractivity contribution in [2.75, 3.05) is 6.54 Å². The molecule has 0 bridgehead atoms. The number of hydrogen-bond acceptors (Lipinski definition) is 5. The number of Topliss-reactive ketones (excluding diaryl/α,β-unsaturated/α-hetero) is 1. The van der Waals surface area contributed by atoms with Crippen LogP contribution in [0.4, 0.5) is 4.39 Å². The van der Waals surface area contributed by atoms with E-state index in [1.54, 1.807) is 19.4 Å². The first-order chi connectivity index (χ1) is 16.9. The maximum Gasteiger partial charge on any atom is 0.295 e. The second-order valence-corrected chi connectivity index (χ2v) is 8.63. The lowest BCUT2D eigenvalue weighted by molar-refractivity contribution is -0.139. The topological polar surface area (TPSA) is 92.7 Å². The number of nitrogens with zero attached hydrogens (tertiary/aromatic N) is 5. The van der Waals surface area contributed by atoms with E-state index >= 15 is 0 Å². The van der Waals surface area contributed by atoms with Crippen molar-refractivity contribution in [3.05, 3.63) is 95.2 Å². The van der Waals surface area contributed by atoms with Gasteiger partial charge in [-0.15, -0.1) is 0 Å². The molecule has 4 heterocycles. The first-order valence-electron chi connectivity index (χ1n) is 11.3. The Bertz CT molecular complexity index is 1450. The molecule has 1 saturated heterocycles. The quantitative estimate of drug-likeness (QED) is 0.261. The summed E-state index contributed by atoms with van der Waals surface area (Å²) in [4.78, 5) is 36.4. The number of carbonyl (C=O) groups excluding carboxylic acids is 2. The van der Waals surface area contributed by atoms with E-state index in [0.717, 1.165) is 5.56 Å². The van der Waals surface area contributed by atoms with Crippen molar-refractivity contribution >= 4 is 23.1 Å². The number of likely N-dealkylation sites (tertiary alicyclic amines) is 1. The molecule has 1 fully saturated rings. The van der Waals surface area contributed by atoms with Crippen molar-refractivity contribution in [1.82, 2.24) is 23.8 Å². The van der Waals surface area contributed by atoms with Gasteiger partial charge >= 0.3 is 0 Å². The van der Waals surface area contributed by atoms with Gasteiger partial charge in [-0.25, -0.2) is 14.4 Å². The zero-order valence-corrected chi connectivity index (χ0v) is 19.3. The summed E-state index contributed by atoms with van der Waals surface area (Å²) in [5, 5.41) is 11.4. The predicted molar refractivity (Wildman–Crippen MR) is 127 cm³/mol. The second-order valence-electron chi connectivity index (χ2n) is 8.63. The van der Waals surface area contributed by atoms with Gasteiger partial charge in [-0.05, 0) is 49.6 Å². The molecule has 1 unspecified atom stereocenters. The Balaban J connectivity index is 1.60. The maximum absolute atomic E-state index is 13.7. The molecule has 1 aromatic carbocycles. The van der Waals surface area contributed by atoms with E-state index in [4.69, 9.17) is 0 Å². The third kappa shape index (κ3) is 3.88. The van der Waals surface area contributed by atoms with Crippen molar-refractivity contribution in [1.29, 1.82) is 0 Å². The Kier molecular flexibility index (Phi) is 5.68. The van der Waals surface area contributed by atoms with Gasteiger partial charge in [-0.1, -0.05) is 18.2 Å². The Morgan fingerprint density at radius 1 is 1.09 bits per heavy atom. The van der Waals surface area contributed by atoms with Crippen LogP contribution in [0.1, 0.15) is 35.0 Å². The van der Waals surface area contributed by atoms with Gasteiger partial charge in [0.2, 0.25) is 0 Å². The lowest BCUT2D eigenvalue weighted by Crippen LogP contribution is -2.31. The summed E-state index contributed by atoms with van der Waals surface area (Å²) in [6.45, 7) is 4.57. The standard InChI is InChI=1S/C26H24FN5O3/c1-16-5-3-12-31-17(2)21(29-25(16)31)23(33)20-22(18-6-8-19(27)9-7-18)32(26(35)24(20)34)13-4-11-30-14-10-28-15-30/h3,5-10,12,14-15,22,33H,4,11,13H2,1-2H3/b23-20+. The van der Waals surface area contributed by atoms with E-state index < -0.39 is 23.5 Å². The van der Waals surface area contributed by atoms with Crippen LogP contribution in [0.3, 0.4) is 0 Å². The highest BCUT2D eigenvalue weighted by Crippen LogP contribution is 2.40. The number of imidazole rings is 2. The van der Waals surface area contributed by atoms with Crippen LogP contribution in [-0.4, -0.2) is 47.2 Å². The number of carbonyl (C=O) groups is 2. The van der Waals surface area contributed by atoms with Crippen LogP contribution in [0, 0.1) is 19.7 Å². The molecule has 1 amide bonds. The van der Waals surface area contributed by atoms with E-state index in [-0.39, 0.29) is 23.6 Å². The predicted octanol–water partition coefficient (Wildman–Crippen LogP) is 3.80. The molecule has 35 heavy (non-hydrogen) atoms. The van der Waals surface area contributed by atoms with Gasteiger partial charge < -0.3 is 19.0 Å². The summed E-state index contributed by atoms with van der Waals surface area (Å²) < 4.78 is 17.4. The summed E-state index contributed by atoms with van der Waals surface area (Å²) in [7, 11) is 0. The van der Waals surface area contributed by atoms with Crippen LogP contribution in [0.2, 0.25) is 0 Å². The number of aryl methyl sites for hydroxylation is 3. The first-order valence-corrected chi connectivity index (χ1v) is 11.3. The maximum atomic E-state index is 13.7. The first kappa shape index (κ1) is 22.5. The molecule has 178 valence electrons. The lowest BCUT2D eigenvalue weighted by Gasteiger charge is -2.25. The van der Waals surface area contributed by atoms with Crippen molar-refractivity contribution in [2.45, 2.75) is 32.9 Å². The number of aliphatic hydroxyl groups is 1. The fourth-order valence-corrected chi connectivity index (χ4v) is 4.62. The normalized spacial score (nSPS) is 17.6. The summed E-state index contributed by atoms with van der Waals surface area (Å²) in [6, 6.07) is 8.54. The Labute approximate surface area is 201 Å². The summed E-state index contributed by atoms with van der Waals surface area (Å²) in [6.07, 6.45) is 7.56. The van der Waals surface area contributed by atoms with Crippen LogP contribution in [0.5, 0.6) is 0 Å². The third-order valence-electron chi connectivity index (χ3n) is 6.41. The molecular weight excluding hydrogens is 449 g/mol. The molecule has 5 rings (SSSR count). The van der Waals surface area contributed by atoms with Gasteiger partial charge in [-0.2, -0.15) is 0 Å². The molecule has 1 aliphatic rings. The number of halogens is 1. The molecule has 3 aromatic heterocycles. The molecule has 0 spiro atoms. The van der Waals surface area contributed by atoms with Crippen LogP contribution in [0.25, 0.3) is 11.4 Å². The van der Waals surface area contributed by atoms with E-state index in [1.807, 2.05) is 40.4 Å². The van der Waals surface area contributed by atoms with Crippen LogP contribution in [0.15, 0.2) is 66.9 Å². The second kappa shape index (κ2) is 8.83. The van der Waals surface area contributed by atoms with Crippen molar-refractivity contribution < 1.29 is 19.1 Å². The minimum Gasteiger partial charge on any atom is -0.505 e. The number of aliphatic hydroxyl groups excluding tert-OH is 1. The molecule has 9 heteroatoms. The average molecular weight is 474 g/mol. The zero-order valence-electron chi connectivity index (χ0n) is 19.3. The number of ketones is 1. The zero-order chi connectivity index (χ0) is 24.7. The molecule has 1 aliphatic heterocycles. The highest BCUT2D eigenvalue weighted by molar-refractivity contribution is 6.46. The SMILES string of the molecule is Cc1cccn2c(C)c(/C(O)=C3\C(=O)C(=O)N(CCCn4ccnc4)C3c3ccc(F)cc3)nc12. The molecule has 4 aromatic rings. The Morgan fingerprint density at radius 2 is 1.86 bits per heavy atom. The smallest absolute Gasteiger partial charge is 0.295 e. The Hall–Kier alpha value is -4.27. The fourth-order valence-electron chi connectivity index (χ4n) is 4.62. The Morgan fingerprint density at radius 3 is 2.54 bits per heavy atom. The molecular formula is C26H24FN5O3. The van der Waals surface area contributed by atoms with Gasteiger partial charge in [0.05, 0.1) is 23.6 Å². The highest BCUT2D eigenvalue weighted by Gasteiger charge is 2.46. The van der Waals surface area contributed by atoms with Crippen molar-refractivity contribution in [3.63, 3.8) is 0 Å². The van der Waals surface area contributed by atoms with Gasteiger partial charge in [0.15, 0.2) is 5.76 Å². The van der Waals surface area contributed by atoms with Crippen LogP contribution >= 0.6 is 0 Å². The lowest BCUT2D eigenvalue weighted by atomic mass is 9.96. The van der Waals surface area contributed by atoms with E-state index in [0.29, 0.717) is 29.9 Å². The molecule has 1 N–H and O–H groups in total. The van der Waals surface area contributed by atoms with E-state index in [9.17, 15) is 19.1 Å². The molecule has 1 atom stereocenters. The molecule has 0 saturated carbocycles. The summed E-state index contributed by atoms with van der Waals surface area (Å²) in [5.74, 6) is -2.26. The van der Waals surface area contributed by atoms with Gasteiger partial charge in [-0.3, -0.25) is 9.59 Å². The third-order valence-corrected chi connectivity index (χ3v) is 6.41. The summed E-state index contributed by atoms with van der Waals surface area (Å²) in [5.41, 5.74) is 2.93. The molecule has 0 radical (unpaired) electrons. The monoisotopic (exact) mass is 473 g/mol. The van der Waals surface area contributed by atoms with Crippen LogP contribution < -0.4 is 0 Å². The van der Waals surface area contributed by atoms with Gasteiger partial charge in [0, 0.05) is 31.7 Å². The number of pyridine rings is 1. The van der Waals surface area contributed by atoms with Crippen LogP contribution in [-0.2, 0) is 16.1 Å². The van der Waals surface area contributed by atoms with Gasteiger partial charge in [0.1, 0.15) is 17.2 Å². The number of aromatic nitrogens is 4. The minimum atomic E-state index is -0.858. The minimum absolute atomic E-state index is 0.0478. The number of rotatable bonds is 6. The number of hydrogen-bond donors (Lipinski definition) is 1. The molecule has 8 nitrogen and oxygen atoms in total. The number of benzene rings is 1. The van der Waals surface area contributed by atoms with Crippen molar-refractivity contribution in [3.8, 4) is 0 Å². The van der Waals surface area contributed by atoms with E-state index in [1.165, 1.54) is 29.2 Å².